The molecule has 1 saturated carbocycles. The van der Waals surface area contributed by atoms with Gasteiger partial charge in [-0.3, -0.25) is 9.36 Å². The number of hydrogen-bond acceptors (Lipinski definition) is 4. The fourth-order valence-electron chi connectivity index (χ4n) is 2.77. The Morgan fingerprint density at radius 3 is 2.65 bits per heavy atom. The van der Waals surface area contributed by atoms with Crippen LogP contribution in [0, 0.1) is 13.8 Å². The van der Waals surface area contributed by atoms with Crippen LogP contribution in [0.15, 0.2) is 4.79 Å². The lowest BCUT2D eigenvalue weighted by Crippen LogP contribution is -2.41. The van der Waals surface area contributed by atoms with Crippen molar-refractivity contribution in [3.8, 4) is 0 Å². The van der Waals surface area contributed by atoms with Crippen LogP contribution >= 0.6 is 0 Å². The second kappa shape index (κ2) is 5.75. The number of carboxylic acid groups (broad SMARTS) is 1. The standard InChI is InChI=1S/C14H20N2O4/c1-4-20-11-5-10(6-11)16-9(3)12(7-13(17)18)8(2)15-14(16)19/h10-11H,4-7H2,1-3H3,(H,17,18). The minimum atomic E-state index is -0.913. The van der Waals surface area contributed by atoms with Crippen LogP contribution in [0.1, 0.15) is 42.8 Å². The van der Waals surface area contributed by atoms with E-state index in [0.717, 1.165) is 12.8 Å². The maximum absolute atomic E-state index is 12.1. The number of carboxylic acids is 1. The number of aryl methyl sites for hydroxylation is 1. The van der Waals surface area contributed by atoms with Gasteiger partial charge in [0.2, 0.25) is 0 Å². The molecule has 0 aromatic carbocycles. The van der Waals surface area contributed by atoms with Crippen molar-refractivity contribution in [3.63, 3.8) is 0 Å². The summed E-state index contributed by atoms with van der Waals surface area (Å²) in [5, 5.41) is 8.96. The molecule has 1 N–H and O–H groups in total. The van der Waals surface area contributed by atoms with Gasteiger partial charge in [0.15, 0.2) is 0 Å². The number of aliphatic carboxylic acids is 1. The van der Waals surface area contributed by atoms with Gasteiger partial charge in [0, 0.05) is 29.6 Å². The molecule has 0 atom stereocenters. The molecule has 1 aliphatic rings. The van der Waals surface area contributed by atoms with E-state index in [4.69, 9.17) is 9.84 Å². The quantitative estimate of drug-likeness (QED) is 0.877. The second-order valence-electron chi connectivity index (χ2n) is 5.19. The summed E-state index contributed by atoms with van der Waals surface area (Å²) in [6.07, 6.45) is 1.66. The molecule has 0 spiro atoms. The topological polar surface area (TPSA) is 81.4 Å². The van der Waals surface area contributed by atoms with Gasteiger partial charge in [0.25, 0.3) is 0 Å². The van der Waals surface area contributed by atoms with Gasteiger partial charge in [0.05, 0.1) is 12.5 Å². The van der Waals surface area contributed by atoms with Crippen molar-refractivity contribution in [1.29, 1.82) is 0 Å². The fraction of sp³-hybridized carbons (Fsp3) is 0.643. The minimum absolute atomic E-state index is 0.0692. The van der Waals surface area contributed by atoms with Crippen molar-refractivity contribution in [2.75, 3.05) is 6.61 Å². The summed E-state index contributed by atoms with van der Waals surface area (Å²) >= 11 is 0. The first-order chi connectivity index (χ1) is 9.43. The van der Waals surface area contributed by atoms with E-state index in [-0.39, 0.29) is 24.3 Å². The van der Waals surface area contributed by atoms with E-state index in [1.807, 2.05) is 6.92 Å². The number of ether oxygens (including phenoxy) is 1. The summed E-state index contributed by atoms with van der Waals surface area (Å²) < 4.78 is 7.12. The first-order valence-corrected chi connectivity index (χ1v) is 6.86. The molecule has 0 bridgehead atoms. The van der Waals surface area contributed by atoms with Gasteiger partial charge < -0.3 is 9.84 Å². The Hall–Kier alpha value is -1.69. The molecule has 1 aliphatic carbocycles. The fourth-order valence-corrected chi connectivity index (χ4v) is 2.77. The van der Waals surface area contributed by atoms with Crippen LogP contribution in [0.25, 0.3) is 0 Å². The van der Waals surface area contributed by atoms with Crippen LogP contribution in [-0.4, -0.2) is 33.3 Å². The Balaban J connectivity index is 2.30. The zero-order chi connectivity index (χ0) is 14.9. The van der Waals surface area contributed by atoms with Crippen molar-refractivity contribution < 1.29 is 14.6 Å². The number of hydrogen-bond donors (Lipinski definition) is 1. The zero-order valence-electron chi connectivity index (χ0n) is 12.0. The van der Waals surface area contributed by atoms with Crippen LogP contribution in [0.2, 0.25) is 0 Å². The highest BCUT2D eigenvalue weighted by atomic mass is 16.5. The van der Waals surface area contributed by atoms with Gasteiger partial charge in [0.1, 0.15) is 0 Å². The van der Waals surface area contributed by atoms with Crippen LogP contribution in [-0.2, 0) is 16.0 Å². The van der Waals surface area contributed by atoms with Crippen molar-refractivity contribution in [3.05, 3.63) is 27.4 Å². The molecule has 0 amide bonds. The van der Waals surface area contributed by atoms with Gasteiger partial charge in [-0.1, -0.05) is 0 Å². The monoisotopic (exact) mass is 280 g/mol. The number of rotatable bonds is 5. The van der Waals surface area contributed by atoms with E-state index < -0.39 is 5.97 Å². The van der Waals surface area contributed by atoms with Crippen molar-refractivity contribution in [2.24, 2.45) is 0 Å². The van der Waals surface area contributed by atoms with Gasteiger partial charge >= 0.3 is 11.7 Å². The first-order valence-electron chi connectivity index (χ1n) is 6.86. The highest BCUT2D eigenvalue weighted by molar-refractivity contribution is 5.70. The smallest absolute Gasteiger partial charge is 0.348 e. The molecule has 1 aromatic heterocycles. The molecule has 1 heterocycles. The third-order valence-electron chi connectivity index (χ3n) is 3.87. The lowest BCUT2D eigenvalue weighted by molar-refractivity contribution is -0.136. The van der Waals surface area contributed by atoms with E-state index in [1.165, 1.54) is 0 Å². The summed E-state index contributed by atoms with van der Waals surface area (Å²) in [6.45, 7) is 6.09. The second-order valence-corrected chi connectivity index (χ2v) is 5.19. The third-order valence-corrected chi connectivity index (χ3v) is 3.87. The summed E-state index contributed by atoms with van der Waals surface area (Å²) in [6, 6.07) is 0.0692. The molecule has 1 fully saturated rings. The lowest BCUT2D eigenvalue weighted by atomic mass is 9.88. The SMILES string of the molecule is CCOC1CC(n2c(C)c(CC(=O)O)c(C)nc2=O)C1. The normalized spacial score (nSPS) is 21.6. The van der Waals surface area contributed by atoms with Crippen LogP contribution in [0.5, 0.6) is 0 Å². The molecule has 0 unspecified atom stereocenters. The summed E-state index contributed by atoms with van der Waals surface area (Å²) in [5.41, 5.74) is 1.56. The lowest BCUT2D eigenvalue weighted by Gasteiger charge is -2.37. The first kappa shape index (κ1) is 14.7. The Labute approximate surface area is 117 Å². The van der Waals surface area contributed by atoms with E-state index >= 15 is 0 Å². The molecule has 0 aliphatic heterocycles. The van der Waals surface area contributed by atoms with Crippen molar-refractivity contribution in [1.82, 2.24) is 9.55 Å². The molecule has 110 valence electrons. The van der Waals surface area contributed by atoms with Gasteiger partial charge in [-0.2, -0.15) is 4.98 Å². The molecule has 1 aromatic rings. The third kappa shape index (κ3) is 2.75. The number of aromatic nitrogens is 2. The Bertz CT molecular complexity index is 573. The predicted octanol–water partition coefficient (Wildman–Crippen LogP) is 1.23. The van der Waals surface area contributed by atoms with Crippen LogP contribution < -0.4 is 5.69 Å². The van der Waals surface area contributed by atoms with E-state index in [2.05, 4.69) is 4.98 Å². The molecular formula is C14H20N2O4. The van der Waals surface area contributed by atoms with E-state index in [0.29, 0.717) is 23.6 Å². The van der Waals surface area contributed by atoms with Crippen LogP contribution in [0.4, 0.5) is 0 Å². The molecule has 6 nitrogen and oxygen atoms in total. The summed E-state index contributed by atoms with van der Waals surface area (Å²) in [5.74, 6) is -0.913. The average Bonchev–Trinajstić information content (AvgIpc) is 2.30. The van der Waals surface area contributed by atoms with Gasteiger partial charge in [-0.25, -0.2) is 4.79 Å². The van der Waals surface area contributed by atoms with Crippen molar-refractivity contribution in [2.45, 2.75) is 52.2 Å². The van der Waals surface area contributed by atoms with Crippen molar-refractivity contribution >= 4 is 5.97 Å². The largest absolute Gasteiger partial charge is 0.481 e. The zero-order valence-corrected chi connectivity index (χ0v) is 12.0. The van der Waals surface area contributed by atoms with Gasteiger partial charge in [-0.05, 0) is 33.6 Å². The van der Waals surface area contributed by atoms with E-state index in [1.54, 1.807) is 18.4 Å². The minimum Gasteiger partial charge on any atom is -0.481 e. The molecule has 0 saturated heterocycles. The number of nitrogens with zero attached hydrogens (tertiary/aromatic N) is 2. The molecule has 0 radical (unpaired) electrons. The summed E-state index contributed by atoms with van der Waals surface area (Å²) in [7, 11) is 0. The number of carbonyl (C=O) groups is 1. The molecule has 2 rings (SSSR count). The maximum Gasteiger partial charge on any atom is 0.348 e. The highest BCUT2D eigenvalue weighted by Crippen LogP contribution is 2.34. The molecule has 6 heteroatoms. The summed E-state index contributed by atoms with van der Waals surface area (Å²) in [4.78, 5) is 27.0. The van der Waals surface area contributed by atoms with E-state index in [9.17, 15) is 9.59 Å². The highest BCUT2D eigenvalue weighted by Gasteiger charge is 2.33. The maximum atomic E-state index is 12.1. The average molecular weight is 280 g/mol. The Morgan fingerprint density at radius 2 is 2.10 bits per heavy atom. The Morgan fingerprint density at radius 1 is 1.45 bits per heavy atom. The Kier molecular flexibility index (Phi) is 4.23. The van der Waals surface area contributed by atoms with Gasteiger partial charge in [-0.15, -0.1) is 0 Å². The molecular weight excluding hydrogens is 260 g/mol. The van der Waals surface area contributed by atoms with Crippen LogP contribution in [0.3, 0.4) is 0 Å². The molecule has 20 heavy (non-hydrogen) atoms. The predicted molar refractivity (Wildman–Crippen MR) is 73.0 cm³/mol.